The third kappa shape index (κ3) is 3.06. The Hall–Kier alpha value is -2.32. The van der Waals surface area contributed by atoms with Gasteiger partial charge in [-0.05, 0) is 54.5 Å². The molecule has 3 rings (SSSR count). The lowest BCUT2D eigenvalue weighted by Crippen LogP contribution is -1.85. The number of allylic oxidation sites excluding steroid dienone is 1. The lowest BCUT2D eigenvalue weighted by molar-refractivity contribution is 0.475. The van der Waals surface area contributed by atoms with E-state index in [4.69, 9.17) is 11.6 Å². The third-order valence-electron chi connectivity index (χ3n) is 3.34. The Morgan fingerprint density at radius 2 is 1.90 bits per heavy atom. The summed E-state index contributed by atoms with van der Waals surface area (Å²) in [5, 5.41) is 11.3. The van der Waals surface area contributed by atoms with Gasteiger partial charge in [-0.3, -0.25) is 0 Å². The van der Waals surface area contributed by atoms with Gasteiger partial charge < -0.3 is 5.11 Å². The summed E-state index contributed by atoms with van der Waals surface area (Å²) in [5.41, 5.74) is 3.76. The van der Waals surface area contributed by atoms with E-state index >= 15 is 0 Å². The zero-order chi connectivity index (χ0) is 14.8. The second-order valence-electron chi connectivity index (χ2n) is 4.95. The lowest BCUT2D eigenvalue weighted by Gasteiger charge is -2.04. The van der Waals surface area contributed by atoms with Gasteiger partial charge in [-0.1, -0.05) is 35.9 Å². The number of rotatable bonds is 2. The highest BCUT2D eigenvalue weighted by atomic mass is 35.5. The van der Waals surface area contributed by atoms with Crippen LogP contribution in [0.2, 0.25) is 5.02 Å². The van der Waals surface area contributed by atoms with E-state index in [9.17, 15) is 5.11 Å². The van der Waals surface area contributed by atoms with Crippen LogP contribution in [0.3, 0.4) is 0 Å². The Morgan fingerprint density at radius 3 is 2.71 bits per heavy atom. The normalized spacial score (nSPS) is 11.8. The third-order valence-corrected chi connectivity index (χ3v) is 3.58. The Kier molecular flexibility index (Phi) is 3.63. The molecule has 104 valence electrons. The minimum absolute atomic E-state index is 0.263. The molecule has 0 amide bonds. The van der Waals surface area contributed by atoms with E-state index in [0.29, 0.717) is 5.02 Å². The molecule has 1 heterocycles. The fourth-order valence-corrected chi connectivity index (χ4v) is 2.41. The van der Waals surface area contributed by atoms with Gasteiger partial charge in [0, 0.05) is 10.4 Å². The van der Waals surface area contributed by atoms with E-state index in [-0.39, 0.29) is 5.75 Å². The minimum Gasteiger partial charge on any atom is -0.508 e. The number of benzene rings is 2. The van der Waals surface area contributed by atoms with Gasteiger partial charge in [0.2, 0.25) is 0 Å². The number of aromatic nitrogens is 1. The smallest absolute Gasteiger partial charge is 0.116 e. The maximum Gasteiger partial charge on any atom is 0.116 e. The molecule has 1 aromatic heterocycles. The van der Waals surface area contributed by atoms with Crippen molar-refractivity contribution >= 4 is 34.2 Å². The summed E-state index contributed by atoms with van der Waals surface area (Å²) in [4.78, 5) is 4.60. The monoisotopic (exact) mass is 295 g/mol. The molecule has 0 aliphatic heterocycles. The molecule has 0 saturated carbocycles. The molecule has 0 aliphatic rings. The first-order valence-electron chi connectivity index (χ1n) is 6.66. The van der Waals surface area contributed by atoms with Crippen molar-refractivity contribution in [2.45, 2.75) is 6.92 Å². The molecular formula is C18H14ClNO. The van der Waals surface area contributed by atoms with Crippen LogP contribution >= 0.6 is 11.6 Å². The van der Waals surface area contributed by atoms with E-state index in [1.807, 2.05) is 55.5 Å². The molecule has 0 bridgehead atoms. The van der Waals surface area contributed by atoms with Crippen molar-refractivity contribution in [3.05, 3.63) is 70.9 Å². The molecule has 0 aliphatic carbocycles. The number of hydrogen-bond acceptors (Lipinski definition) is 2. The van der Waals surface area contributed by atoms with Crippen LogP contribution in [0.15, 0.2) is 54.6 Å². The van der Waals surface area contributed by atoms with Crippen LogP contribution in [-0.2, 0) is 0 Å². The molecule has 0 unspecified atom stereocenters. The van der Waals surface area contributed by atoms with Gasteiger partial charge in [0.1, 0.15) is 5.75 Å². The van der Waals surface area contributed by atoms with E-state index in [1.54, 1.807) is 12.1 Å². The van der Waals surface area contributed by atoms with E-state index in [2.05, 4.69) is 4.98 Å². The fraction of sp³-hybridized carbons (Fsp3) is 0.0556. The summed E-state index contributed by atoms with van der Waals surface area (Å²) >= 11 is 6.01. The average molecular weight is 296 g/mol. The molecule has 21 heavy (non-hydrogen) atoms. The Labute approximate surface area is 128 Å². The first kappa shape index (κ1) is 13.7. The second-order valence-corrected chi connectivity index (χ2v) is 5.39. The van der Waals surface area contributed by atoms with Gasteiger partial charge in [-0.2, -0.15) is 0 Å². The van der Waals surface area contributed by atoms with E-state index in [1.165, 1.54) is 0 Å². The number of phenols is 1. The van der Waals surface area contributed by atoms with Crippen molar-refractivity contribution in [1.82, 2.24) is 4.98 Å². The number of hydrogen-bond donors (Lipinski definition) is 1. The zero-order valence-electron chi connectivity index (χ0n) is 11.5. The number of halogens is 1. The van der Waals surface area contributed by atoms with Crippen LogP contribution in [0.4, 0.5) is 0 Å². The van der Waals surface area contributed by atoms with Crippen molar-refractivity contribution in [2.24, 2.45) is 0 Å². The summed E-state index contributed by atoms with van der Waals surface area (Å²) < 4.78 is 0. The molecule has 1 N–H and O–H groups in total. The van der Waals surface area contributed by atoms with Gasteiger partial charge in [-0.15, -0.1) is 0 Å². The highest BCUT2D eigenvalue weighted by Crippen LogP contribution is 2.23. The van der Waals surface area contributed by atoms with Gasteiger partial charge in [0.25, 0.3) is 0 Å². The Balaban J connectivity index is 2.02. The van der Waals surface area contributed by atoms with Gasteiger partial charge in [-0.25, -0.2) is 4.98 Å². The van der Waals surface area contributed by atoms with Crippen molar-refractivity contribution in [1.29, 1.82) is 0 Å². The number of aromatic hydroxyl groups is 1. The molecule has 0 spiro atoms. The fourth-order valence-electron chi connectivity index (χ4n) is 2.24. The molecule has 0 fully saturated rings. The van der Waals surface area contributed by atoms with Crippen molar-refractivity contribution < 1.29 is 5.11 Å². The number of phenolic OH excluding ortho intramolecular Hbond substituents is 1. The summed E-state index contributed by atoms with van der Waals surface area (Å²) in [6.07, 6.45) is 2.00. The van der Waals surface area contributed by atoms with Crippen LogP contribution < -0.4 is 0 Å². The zero-order valence-corrected chi connectivity index (χ0v) is 12.3. The van der Waals surface area contributed by atoms with E-state index in [0.717, 1.165) is 27.7 Å². The maximum absolute atomic E-state index is 9.54. The van der Waals surface area contributed by atoms with Gasteiger partial charge in [0.15, 0.2) is 0 Å². The first-order valence-corrected chi connectivity index (χ1v) is 7.04. The molecule has 3 heteroatoms. The van der Waals surface area contributed by atoms with Crippen LogP contribution in [-0.4, -0.2) is 10.1 Å². The summed E-state index contributed by atoms with van der Waals surface area (Å²) in [6.45, 7) is 2.00. The number of nitrogens with zero attached hydrogens (tertiary/aromatic N) is 1. The first-order chi connectivity index (χ1) is 10.1. The van der Waals surface area contributed by atoms with Crippen molar-refractivity contribution in [2.75, 3.05) is 0 Å². The lowest BCUT2D eigenvalue weighted by atomic mass is 10.1. The van der Waals surface area contributed by atoms with E-state index < -0.39 is 0 Å². The van der Waals surface area contributed by atoms with Gasteiger partial charge in [0.05, 0.1) is 11.2 Å². The quantitative estimate of drug-likeness (QED) is 0.709. The van der Waals surface area contributed by atoms with Crippen LogP contribution in [0.5, 0.6) is 5.75 Å². The molecule has 2 aromatic carbocycles. The van der Waals surface area contributed by atoms with Gasteiger partial charge >= 0.3 is 0 Å². The van der Waals surface area contributed by atoms with Crippen molar-refractivity contribution in [3.63, 3.8) is 0 Å². The number of pyridine rings is 1. The standard InChI is InChI=1S/C18H14ClNO/c1-12(14-3-2-4-17(21)10-14)9-16-8-6-13-5-7-15(19)11-18(13)20-16/h2-11,21H,1H3. The highest BCUT2D eigenvalue weighted by Gasteiger charge is 2.01. The molecular weight excluding hydrogens is 282 g/mol. The molecule has 0 atom stereocenters. The summed E-state index contributed by atoms with van der Waals surface area (Å²) in [7, 11) is 0. The highest BCUT2D eigenvalue weighted by molar-refractivity contribution is 6.31. The van der Waals surface area contributed by atoms with Crippen molar-refractivity contribution in [3.8, 4) is 5.75 Å². The molecule has 0 saturated heterocycles. The molecule has 0 radical (unpaired) electrons. The SMILES string of the molecule is CC(=Cc1ccc2ccc(Cl)cc2n1)c1cccc(O)c1. The Bertz CT molecular complexity index is 839. The second kappa shape index (κ2) is 5.58. The largest absolute Gasteiger partial charge is 0.508 e. The summed E-state index contributed by atoms with van der Waals surface area (Å²) in [5.74, 6) is 0.263. The minimum atomic E-state index is 0.263. The predicted octanol–water partition coefficient (Wildman–Crippen LogP) is 5.15. The van der Waals surface area contributed by atoms with Crippen LogP contribution in [0.25, 0.3) is 22.6 Å². The predicted molar refractivity (Wildman–Crippen MR) is 88.4 cm³/mol. The Morgan fingerprint density at radius 1 is 1.10 bits per heavy atom. The maximum atomic E-state index is 9.54. The average Bonchev–Trinajstić information content (AvgIpc) is 2.46. The topological polar surface area (TPSA) is 33.1 Å². The van der Waals surface area contributed by atoms with Crippen LogP contribution in [0, 0.1) is 0 Å². The van der Waals surface area contributed by atoms with Crippen LogP contribution in [0.1, 0.15) is 18.2 Å². The molecule has 2 nitrogen and oxygen atoms in total. The molecule has 3 aromatic rings. The number of fused-ring (bicyclic) bond motifs is 1. The summed E-state index contributed by atoms with van der Waals surface area (Å²) in [6, 6.07) is 16.9.